The van der Waals surface area contributed by atoms with Gasteiger partial charge in [0, 0.05) is 24.4 Å². The highest BCUT2D eigenvalue weighted by Gasteiger charge is 2.41. The molecule has 0 unspecified atom stereocenters. The monoisotopic (exact) mass is 360 g/mol. The Morgan fingerprint density at radius 1 is 1.36 bits per heavy atom. The summed E-state index contributed by atoms with van der Waals surface area (Å²) >= 11 is 1.50. The lowest BCUT2D eigenvalue weighted by atomic mass is 9.88. The molecule has 0 spiro atoms. The van der Waals surface area contributed by atoms with Gasteiger partial charge in [0.15, 0.2) is 0 Å². The van der Waals surface area contributed by atoms with Gasteiger partial charge in [-0.1, -0.05) is 18.2 Å². The summed E-state index contributed by atoms with van der Waals surface area (Å²) in [5, 5.41) is 12.4. The largest absolute Gasteiger partial charge is 0.496 e. The highest BCUT2D eigenvalue weighted by molar-refractivity contribution is 7.09. The van der Waals surface area contributed by atoms with Gasteiger partial charge in [0.1, 0.15) is 5.75 Å². The summed E-state index contributed by atoms with van der Waals surface area (Å²) in [5.41, 5.74) is 1.57. The van der Waals surface area contributed by atoms with Crippen LogP contribution < -0.4 is 4.74 Å². The van der Waals surface area contributed by atoms with Crippen molar-refractivity contribution in [1.82, 2.24) is 9.88 Å². The summed E-state index contributed by atoms with van der Waals surface area (Å²) in [7, 11) is 1.57. The molecule has 3 rings (SSSR count). The van der Waals surface area contributed by atoms with Crippen molar-refractivity contribution in [3.05, 3.63) is 45.9 Å². The molecule has 1 aliphatic rings. The lowest BCUT2D eigenvalue weighted by Crippen LogP contribution is -2.31. The molecule has 2 atom stereocenters. The number of aryl methyl sites for hydroxylation is 1. The predicted octanol–water partition coefficient (Wildman–Crippen LogP) is 2.33. The van der Waals surface area contributed by atoms with Crippen LogP contribution in [0.1, 0.15) is 22.2 Å². The van der Waals surface area contributed by atoms with Crippen molar-refractivity contribution in [3.8, 4) is 5.75 Å². The lowest BCUT2D eigenvalue weighted by Gasteiger charge is -2.18. The molecule has 0 radical (unpaired) electrons. The van der Waals surface area contributed by atoms with Crippen LogP contribution in [0.25, 0.3) is 0 Å². The van der Waals surface area contributed by atoms with Gasteiger partial charge in [-0.25, -0.2) is 4.98 Å². The second kappa shape index (κ2) is 7.23. The number of para-hydroxylation sites is 1. The summed E-state index contributed by atoms with van der Waals surface area (Å²) in [4.78, 5) is 30.3. The fourth-order valence-corrected chi connectivity index (χ4v) is 3.91. The third-order valence-electron chi connectivity index (χ3n) is 4.53. The van der Waals surface area contributed by atoms with Gasteiger partial charge in [0.05, 0.1) is 30.2 Å². The van der Waals surface area contributed by atoms with Crippen molar-refractivity contribution >= 4 is 23.2 Å². The molecule has 1 N–H and O–H groups in total. The average molecular weight is 360 g/mol. The fourth-order valence-electron chi connectivity index (χ4n) is 3.30. The molecule has 0 bridgehead atoms. The van der Waals surface area contributed by atoms with Gasteiger partial charge in [0.25, 0.3) is 0 Å². The number of nitrogens with zero attached hydrogens (tertiary/aromatic N) is 2. The maximum absolute atomic E-state index is 12.6. The lowest BCUT2D eigenvalue weighted by molar-refractivity contribution is -0.141. The van der Waals surface area contributed by atoms with E-state index in [1.54, 1.807) is 12.0 Å². The fraction of sp³-hybridized carbons (Fsp3) is 0.389. The van der Waals surface area contributed by atoms with Gasteiger partial charge in [-0.05, 0) is 18.6 Å². The number of likely N-dealkylation sites (tertiary alicyclic amines) is 1. The molecule has 0 aliphatic carbocycles. The van der Waals surface area contributed by atoms with Crippen LogP contribution in [0.15, 0.2) is 29.6 Å². The highest BCUT2D eigenvalue weighted by Crippen LogP contribution is 2.37. The van der Waals surface area contributed by atoms with E-state index in [0.717, 1.165) is 16.3 Å². The minimum absolute atomic E-state index is 0.0889. The standard InChI is InChI=1S/C18H20N2O4S/c1-11-19-12(10-25-11)7-17(21)20-8-14(15(9-20)18(22)23)13-5-3-4-6-16(13)24-2/h3-6,10,14-15H,7-9H2,1-2H3,(H,22,23)/t14-,15+/m1/s1. The molecule has 1 amide bonds. The number of carbonyl (C=O) groups excluding carboxylic acids is 1. The second-order valence-electron chi connectivity index (χ2n) is 6.13. The number of rotatable bonds is 5. The summed E-state index contributed by atoms with van der Waals surface area (Å²) in [5.74, 6) is -1.25. The van der Waals surface area contributed by atoms with Crippen molar-refractivity contribution in [3.63, 3.8) is 0 Å². The number of aromatic nitrogens is 1. The van der Waals surface area contributed by atoms with E-state index in [1.165, 1.54) is 11.3 Å². The quantitative estimate of drug-likeness (QED) is 0.885. The van der Waals surface area contributed by atoms with Gasteiger partial charge < -0.3 is 14.7 Å². The first-order valence-corrected chi connectivity index (χ1v) is 8.92. The molecule has 1 saturated heterocycles. The number of carboxylic acids is 1. The van der Waals surface area contributed by atoms with Gasteiger partial charge in [-0.2, -0.15) is 0 Å². The topological polar surface area (TPSA) is 79.7 Å². The van der Waals surface area contributed by atoms with E-state index in [0.29, 0.717) is 12.3 Å². The Bertz CT molecular complexity index is 789. The second-order valence-corrected chi connectivity index (χ2v) is 7.19. The molecule has 2 heterocycles. The molecule has 1 fully saturated rings. The van der Waals surface area contributed by atoms with E-state index in [2.05, 4.69) is 4.98 Å². The molecule has 0 saturated carbocycles. The Morgan fingerprint density at radius 2 is 2.12 bits per heavy atom. The third-order valence-corrected chi connectivity index (χ3v) is 5.35. The molecule has 25 heavy (non-hydrogen) atoms. The number of carbonyl (C=O) groups is 2. The van der Waals surface area contributed by atoms with Gasteiger partial charge in [-0.3, -0.25) is 9.59 Å². The SMILES string of the molecule is COc1ccccc1[C@H]1CN(C(=O)Cc2csc(C)n2)C[C@@H]1C(=O)O. The van der Waals surface area contributed by atoms with Crippen molar-refractivity contribution in [2.24, 2.45) is 5.92 Å². The number of benzene rings is 1. The van der Waals surface area contributed by atoms with Crippen LogP contribution in [-0.4, -0.2) is 47.1 Å². The van der Waals surface area contributed by atoms with Crippen molar-refractivity contribution < 1.29 is 19.4 Å². The van der Waals surface area contributed by atoms with Gasteiger partial charge in [-0.15, -0.1) is 11.3 Å². The van der Waals surface area contributed by atoms with Crippen LogP contribution in [0.5, 0.6) is 5.75 Å². The number of aliphatic carboxylic acids is 1. The first-order valence-electron chi connectivity index (χ1n) is 8.04. The summed E-state index contributed by atoms with van der Waals surface area (Å²) in [6.07, 6.45) is 0.204. The van der Waals surface area contributed by atoms with Crippen LogP contribution in [-0.2, 0) is 16.0 Å². The molecular formula is C18H20N2O4S. The Kier molecular flexibility index (Phi) is 5.03. The van der Waals surface area contributed by atoms with Crippen LogP contribution in [0, 0.1) is 12.8 Å². The number of ether oxygens (including phenoxy) is 1. The number of amides is 1. The Balaban J connectivity index is 1.80. The number of methoxy groups -OCH3 is 1. The Morgan fingerprint density at radius 3 is 2.76 bits per heavy atom. The molecule has 2 aromatic rings. The minimum atomic E-state index is -0.893. The van der Waals surface area contributed by atoms with Crippen molar-refractivity contribution in [2.45, 2.75) is 19.3 Å². The van der Waals surface area contributed by atoms with E-state index in [9.17, 15) is 14.7 Å². The van der Waals surface area contributed by atoms with Crippen LogP contribution in [0.3, 0.4) is 0 Å². The predicted molar refractivity (Wildman–Crippen MR) is 94.0 cm³/mol. The third kappa shape index (κ3) is 3.66. The molecule has 1 aliphatic heterocycles. The zero-order chi connectivity index (χ0) is 18.0. The first kappa shape index (κ1) is 17.4. The Labute approximate surface area is 150 Å². The van der Waals surface area contributed by atoms with E-state index < -0.39 is 11.9 Å². The van der Waals surface area contributed by atoms with Crippen LogP contribution in [0.2, 0.25) is 0 Å². The summed E-state index contributed by atoms with van der Waals surface area (Å²) in [6, 6.07) is 7.40. The van der Waals surface area contributed by atoms with Gasteiger partial charge >= 0.3 is 5.97 Å². The molecule has 1 aromatic carbocycles. The number of thiazole rings is 1. The van der Waals surface area contributed by atoms with Crippen LogP contribution in [0.4, 0.5) is 0 Å². The Hall–Kier alpha value is -2.41. The molecule has 7 heteroatoms. The normalized spacial score (nSPS) is 19.8. The first-order chi connectivity index (χ1) is 12.0. The van der Waals surface area contributed by atoms with Gasteiger partial charge in [0.2, 0.25) is 5.91 Å². The summed E-state index contributed by atoms with van der Waals surface area (Å²) < 4.78 is 5.37. The average Bonchev–Trinajstić information content (AvgIpc) is 3.21. The smallest absolute Gasteiger partial charge is 0.308 e. The molecule has 6 nitrogen and oxygen atoms in total. The van der Waals surface area contributed by atoms with E-state index in [4.69, 9.17) is 4.74 Å². The zero-order valence-electron chi connectivity index (χ0n) is 14.1. The van der Waals surface area contributed by atoms with Crippen LogP contribution >= 0.6 is 11.3 Å². The molecular weight excluding hydrogens is 340 g/mol. The summed E-state index contributed by atoms with van der Waals surface area (Å²) in [6.45, 7) is 2.48. The number of carboxylic acid groups (broad SMARTS) is 1. The number of hydrogen-bond acceptors (Lipinski definition) is 5. The van der Waals surface area contributed by atoms with E-state index >= 15 is 0 Å². The van der Waals surface area contributed by atoms with E-state index in [1.807, 2.05) is 36.6 Å². The van der Waals surface area contributed by atoms with Crippen molar-refractivity contribution in [2.75, 3.05) is 20.2 Å². The van der Waals surface area contributed by atoms with Crippen molar-refractivity contribution in [1.29, 1.82) is 0 Å². The highest BCUT2D eigenvalue weighted by atomic mass is 32.1. The minimum Gasteiger partial charge on any atom is -0.496 e. The van der Waals surface area contributed by atoms with E-state index in [-0.39, 0.29) is 24.8 Å². The maximum atomic E-state index is 12.6. The maximum Gasteiger partial charge on any atom is 0.308 e. The molecule has 132 valence electrons. The zero-order valence-corrected chi connectivity index (χ0v) is 15.0. The molecule has 1 aromatic heterocycles. The number of hydrogen-bond donors (Lipinski definition) is 1.